The quantitative estimate of drug-likeness (QED) is 0.525. The molecule has 0 N–H and O–H groups in total. The van der Waals surface area contributed by atoms with Crippen molar-refractivity contribution in [3.8, 4) is 0 Å². The third-order valence-corrected chi connectivity index (χ3v) is 3.51. The van der Waals surface area contributed by atoms with Crippen LogP contribution >= 0.6 is 11.8 Å². The molecule has 0 radical (unpaired) electrons. The van der Waals surface area contributed by atoms with E-state index >= 15 is 0 Å². The van der Waals surface area contributed by atoms with Crippen molar-refractivity contribution in [3.63, 3.8) is 0 Å². The minimum absolute atomic E-state index is 0.465. The largest absolute Gasteiger partial charge is 0.151 e. The van der Waals surface area contributed by atoms with E-state index in [0.717, 1.165) is 0 Å². The molecular weight excluding hydrogens is 140 g/mol. The summed E-state index contributed by atoms with van der Waals surface area (Å²) in [5, 5.41) is 0. The second-order valence-electron chi connectivity index (χ2n) is 3.12. The Morgan fingerprint density at radius 1 is 1.40 bits per heavy atom. The van der Waals surface area contributed by atoms with Gasteiger partial charge in [-0.2, -0.15) is 11.8 Å². The molecule has 1 unspecified atom stereocenters. The molecule has 1 saturated heterocycles. The molecule has 0 aromatic heterocycles. The molecule has 0 bridgehead atoms. The minimum Gasteiger partial charge on any atom is -0.151 e. The highest BCUT2D eigenvalue weighted by atomic mass is 32.2. The van der Waals surface area contributed by atoms with Crippen molar-refractivity contribution in [1.82, 2.24) is 0 Å². The molecule has 0 nitrogen and oxygen atoms in total. The van der Waals surface area contributed by atoms with Crippen LogP contribution in [0.5, 0.6) is 0 Å². The molecule has 1 heteroatoms. The third-order valence-electron chi connectivity index (χ3n) is 2.02. The molecule has 58 valence electrons. The number of thioether (sulfide) groups is 1. The van der Waals surface area contributed by atoms with Gasteiger partial charge in [0, 0.05) is 4.75 Å². The molecule has 1 atom stereocenters. The molecule has 1 heterocycles. The first-order valence-electron chi connectivity index (χ1n) is 4.05. The van der Waals surface area contributed by atoms with Gasteiger partial charge in [0.1, 0.15) is 0 Å². The van der Waals surface area contributed by atoms with Crippen LogP contribution in [0.3, 0.4) is 0 Å². The maximum atomic E-state index is 2.34. The van der Waals surface area contributed by atoms with E-state index in [0.29, 0.717) is 4.75 Å². The van der Waals surface area contributed by atoms with Gasteiger partial charge in [0.15, 0.2) is 0 Å². The lowest BCUT2D eigenvalue weighted by Gasteiger charge is -2.29. The molecular formula is C9H16S. The van der Waals surface area contributed by atoms with E-state index in [1.807, 2.05) is 0 Å². The lowest BCUT2D eigenvalue weighted by atomic mass is 10.0. The topological polar surface area (TPSA) is 0 Å². The molecule has 0 aliphatic carbocycles. The summed E-state index contributed by atoms with van der Waals surface area (Å²) in [7, 11) is 0. The average molecular weight is 156 g/mol. The summed E-state index contributed by atoms with van der Waals surface area (Å²) in [5.74, 6) is 1.35. The van der Waals surface area contributed by atoms with Crippen molar-refractivity contribution < 1.29 is 0 Å². The molecule has 0 amide bonds. The van der Waals surface area contributed by atoms with Crippen LogP contribution in [-0.2, 0) is 0 Å². The van der Waals surface area contributed by atoms with Crippen LogP contribution in [0.4, 0.5) is 0 Å². The zero-order valence-corrected chi connectivity index (χ0v) is 7.71. The summed E-state index contributed by atoms with van der Waals surface area (Å²) in [6.07, 6.45) is 8.71. The summed E-state index contributed by atoms with van der Waals surface area (Å²) in [6.45, 7) is 4.46. The second-order valence-corrected chi connectivity index (χ2v) is 4.75. The van der Waals surface area contributed by atoms with Gasteiger partial charge in [-0.15, -0.1) is 0 Å². The number of hydrogen-bond acceptors (Lipinski definition) is 1. The fourth-order valence-electron chi connectivity index (χ4n) is 1.44. The Kier molecular flexibility index (Phi) is 2.84. The van der Waals surface area contributed by atoms with Crippen molar-refractivity contribution in [2.24, 2.45) is 0 Å². The SMILES string of the molecule is C/C=C\C1(C)CCCCS1. The van der Waals surface area contributed by atoms with Gasteiger partial charge in [-0.25, -0.2) is 0 Å². The summed E-state index contributed by atoms with van der Waals surface area (Å²) in [5.41, 5.74) is 0. The van der Waals surface area contributed by atoms with Crippen LogP contribution in [0.25, 0.3) is 0 Å². The van der Waals surface area contributed by atoms with Gasteiger partial charge in [0.25, 0.3) is 0 Å². The van der Waals surface area contributed by atoms with Gasteiger partial charge < -0.3 is 0 Å². The van der Waals surface area contributed by atoms with Gasteiger partial charge in [-0.05, 0) is 32.4 Å². The molecule has 1 fully saturated rings. The Morgan fingerprint density at radius 2 is 2.20 bits per heavy atom. The van der Waals surface area contributed by atoms with Crippen LogP contribution in [0.2, 0.25) is 0 Å². The standard InChI is InChI=1S/C9H16S/c1-3-6-9(2)7-4-5-8-10-9/h3,6H,4-5,7-8H2,1-2H3/b6-3-. The van der Waals surface area contributed by atoms with E-state index in [9.17, 15) is 0 Å². The number of rotatable bonds is 1. The minimum atomic E-state index is 0.465. The molecule has 1 rings (SSSR count). The van der Waals surface area contributed by atoms with Crippen molar-refractivity contribution in [2.45, 2.75) is 37.9 Å². The summed E-state index contributed by atoms with van der Waals surface area (Å²) < 4.78 is 0.465. The fraction of sp³-hybridized carbons (Fsp3) is 0.778. The Bertz CT molecular complexity index is 121. The highest BCUT2D eigenvalue weighted by molar-refractivity contribution is 8.00. The third kappa shape index (κ3) is 2.05. The zero-order valence-electron chi connectivity index (χ0n) is 6.89. The van der Waals surface area contributed by atoms with Gasteiger partial charge in [0.2, 0.25) is 0 Å². The van der Waals surface area contributed by atoms with E-state index in [1.54, 1.807) is 0 Å². The van der Waals surface area contributed by atoms with E-state index in [-0.39, 0.29) is 0 Å². The monoisotopic (exact) mass is 156 g/mol. The van der Waals surface area contributed by atoms with E-state index in [4.69, 9.17) is 0 Å². The summed E-state index contributed by atoms with van der Waals surface area (Å²) in [4.78, 5) is 0. The highest BCUT2D eigenvalue weighted by Crippen LogP contribution is 2.36. The van der Waals surface area contributed by atoms with Crippen LogP contribution in [0, 0.1) is 0 Å². The van der Waals surface area contributed by atoms with Gasteiger partial charge >= 0.3 is 0 Å². The van der Waals surface area contributed by atoms with Gasteiger partial charge in [-0.1, -0.05) is 18.6 Å². The Labute approximate surface area is 68.1 Å². The van der Waals surface area contributed by atoms with Crippen molar-refractivity contribution >= 4 is 11.8 Å². The predicted molar refractivity (Wildman–Crippen MR) is 49.5 cm³/mol. The Hall–Kier alpha value is 0.0900. The van der Waals surface area contributed by atoms with Gasteiger partial charge in [-0.3, -0.25) is 0 Å². The molecule has 0 aromatic carbocycles. The first kappa shape index (κ1) is 8.19. The van der Waals surface area contributed by atoms with Crippen LogP contribution in [0.1, 0.15) is 33.1 Å². The van der Waals surface area contributed by atoms with Gasteiger partial charge in [0.05, 0.1) is 0 Å². The average Bonchev–Trinajstić information content (AvgIpc) is 1.89. The second kappa shape index (κ2) is 3.47. The number of hydrogen-bond donors (Lipinski definition) is 0. The molecule has 10 heavy (non-hydrogen) atoms. The Balaban J connectivity index is 2.48. The van der Waals surface area contributed by atoms with Crippen molar-refractivity contribution in [3.05, 3.63) is 12.2 Å². The number of allylic oxidation sites excluding steroid dienone is 1. The molecule has 0 saturated carbocycles. The normalized spacial score (nSPS) is 35.0. The molecule has 1 aliphatic rings. The van der Waals surface area contributed by atoms with Crippen molar-refractivity contribution in [1.29, 1.82) is 0 Å². The molecule has 0 aromatic rings. The molecule has 1 aliphatic heterocycles. The van der Waals surface area contributed by atoms with Crippen LogP contribution in [0.15, 0.2) is 12.2 Å². The van der Waals surface area contributed by atoms with E-state index in [2.05, 4.69) is 37.8 Å². The first-order valence-corrected chi connectivity index (χ1v) is 5.03. The maximum absolute atomic E-state index is 2.34. The zero-order chi connectivity index (χ0) is 7.45. The maximum Gasteiger partial charge on any atom is 0.0310 e. The van der Waals surface area contributed by atoms with Crippen molar-refractivity contribution in [2.75, 3.05) is 5.75 Å². The lowest BCUT2D eigenvalue weighted by molar-refractivity contribution is 0.615. The summed E-state index contributed by atoms with van der Waals surface area (Å²) in [6, 6.07) is 0. The predicted octanol–water partition coefficient (Wildman–Crippen LogP) is 3.24. The highest BCUT2D eigenvalue weighted by Gasteiger charge is 2.23. The lowest BCUT2D eigenvalue weighted by Crippen LogP contribution is -2.20. The first-order chi connectivity index (χ1) is 4.77. The Morgan fingerprint density at radius 3 is 2.70 bits per heavy atom. The fourth-order valence-corrected chi connectivity index (χ4v) is 2.78. The van der Waals surface area contributed by atoms with Crippen LogP contribution < -0.4 is 0 Å². The summed E-state index contributed by atoms with van der Waals surface area (Å²) >= 11 is 2.10. The van der Waals surface area contributed by atoms with E-state index in [1.165, 1.54) is 25.0 Å². The van der Waals surface area contributed by atoms with E-state index < -0.39 is 0 Å². The molecule has 0 spiro atoms. The van der Waals surface area contributed by atoms with Crippen LogP contribution in [-0.4, -0.2) is 10.5 Å². The smallest absolute Gasteiger partial charge is 0.0310 e.